The van der Waals surface area contributed by atoms with Crippen LogP contribution in [0.1, 0.15) is 5.56 Å². The van der Waals surface area contributed by atoms with Gasteiger partial charge in [0.05, 0.1) is 6.16 Å². The highest BCUT2D eigenvalue weighted by atomic mass is 32.3. The Morgan fingerprint density at radius 1 is 1.18 bits per heavy atom. The standard InChI is InChI=1S/C7H9O6PS.2H3N/c8-14(9,13-15(10,11)12)6-7-4-2-1-3-5-7;;/h1-5H,6H2,(H,8,9)(H,10,11,12);2*1H3. The van der Waals surface area contributed by atoms with Crippen molar-refractivity contribution in [1.82, 2.24) is 12.3 Å². The quantitative estimate of drug-likeness (QED) is 0.476. The first kappa shape index (κ1) is 18.6. The topological polar surface area (TPSA) is 171 Å². The molecule has 100 valence electrons. The normalized spacial score (nSPS) is 14.0. The molecule has 8 N–H and O–H groups in total. The minimum Gasteiger partial charge on any atom is -0.344 e. The van der Waals surface area contributed by atoms with E-state index >= 15 is 0 Å². The molecule has 0 amide bonds. The maximum Gasteiger partial charge on any atom is 0.404 e. The van der Waals surface area contributed by atoms with Crippen LogP contribution in [-0.2, 0) is 25.1 Å². The van der Waals surface area contributed by atoms with Gasteiger partial charge in [-0.2, -0.15) is 12.4 Å². The summed E-state index contributed by atoms with van der Waals surface area (Å²) in [6.07, 6.45) is -0.479. The minimum absolute atomic E-state index is 0. The predicted octanol–water partition coefficient (Wildman–Crippen LogP) is 1.52. The Labute approximate surface area is 99.3 Å². The third-order valence-electron chi connectivity index (χ3n) is 1.44. The zero-order valence-electron chi connectivity index (χ0n) is 8.89. The van der Waals surface area contributed by atoms with Gasteiger partial charge in [0.2, 0.25) is 0 Å². The molecule has 0 saturated heterocycles. The van der Waals surface area contributed by atoms with Crippen molar-refractivity contribution in [3.8, 4) is 0 Å². The Kier molecular flexibility index (Phi) is 7.45. The van der Waals surface area contributed by atoms with Crippen molar-refractivity contribution in [3.05, 3.63) is 35.9 Å². The molecular formula is C7H15N2O6PS. The molecule has 1 rings (SSSR count). The van der Waals surface area contributed by atoms with Crippen molar-refractivity contribution < 1.29 is 26.4 Å². The summed E-state index contributed by atoms with van der Waals surface area (Å²) in [5.74, 6) is 0. The lowest BCUT2D eigenvalue weighted by Gasteiger charge is -2.08. The van der Waals surface area contributed by atoms with Gasteiger partial charge in [-0.3, -0.25) is 9.12 Å². The van der Waals surface area contributed by atoms with Gasteiger partial charge in [0.1, 0.15) is 0 Å². The highest BCUT2D eigenvalue weighted by molar-refractivity contribution is 7.86. The molecule has 8 nitrogen and oxygen atoms in total. The molecular weight excluding hydrogens is 271 g/mol. The largest absolute Gasteiger partial charge is 0.404 e. The van der Waals surface area contributed by atoms with Crippen molar-refractivity contribution in [2.45, 2.75) is 6.16 Å². The van der Waals surface area contributed by atoms with E-state index in [9.17, 15) is 13.0 Å². The Morgan fingerprint density at radius 3 is 2.06 bits per heavy atom. The Hall–Kier alpha value is -0.800. The van der Waals surface area contributed by atoms with E-state index < -0.39 is 24.2 Å². The van der Waals surface area contributed by atoms with E-state index in [0.717, 1.165) is 0 Å². The third kappa shape index (κ3) is 8.00. The van der Waals surface area contributed by atoms with Crippen LogP contribution < -0.4 is 12.3 Å². The maximum atomic E-state index is 11.2. The summed E-state index contributed by atoms with van der Waals surface area (Å²) in [6, 6.07) is 8.04. The first-order valence-corrected chi connectivity index (χ1v) is 6.96. The zero-order valence-corrected chi connectivity index (χ0v) is 10.6. The fraction of sp³-hybridized carbons (Fsp3) is 0.143. The summed E-state index contributed by atoms with van der Waals surface area (Å²) >= 11 is 0. The molecule has 0 fully saturated rings. The van der Waals surface area contributed by atoms with Crippen molar-refractivity contribution in [3.63, 3.8) is 0 Å². The first-order valence-electron chi connectivity index (χ1n) is 3.83. The molecule has 1 aromatic rings. The van der Waals surface area contributed by atoms with Gasteiger partial charge in [0, 0.05) is 0 Å². The molecule has 0 bridgehead atoms. The average molecular weight is 286 g/mol. The lowest BCUT2D eigenvalue weighted by molar-refractivity contribution is 0.337. The molecule has 0 spiro atoms. The fourth-order valence-electron chi connectivity index (χ4n) is 0.988. The molecule has 0 aromatic heterocycles. The second-order valence-electron chi connectivity index (χ2n) is 2.78. The van der Waals surface area contributed by atoms with Crippen LogP contribution in [0.2, 0.25) is 0 Å². The van der Waals surface area contributed by atoms with Gasteiger partial charge >= 0.3 is 18.0 Å². The summed E-state index contributed by atoms with van der Waals surface area (Å²) in [5.41, 5.74) is 0.437. The van der Waals surface area contributed by atoms with E-state index in [1.165, 1.54) is 12.1 Å². The predicted molar refractivity (Wildman–Crippen MR) is 62.6 cm³/mol. The van der Waals surface area contributed by atoms with E-state index in [4.69, 9.17) is 9.45 Å². The maximum absolute atomic E-state index is 11.2. The van der Waals surface area contributed by atoms with Gasteiger partial charge in [-0.05, 0) is 5.56 Å². The van der Waals surface area contributed by atoms with E-state index in [2.05, 4.69) is 3.97 Å². The summed E-state index contributed by atoms with van der Waals surface area (Å²) in [6.45, 7) is 0. The molecule has 0 saturated carbocycles. The molecule has 0 aliphatic heterocycles. The lowest BCUT2D eigenvalue weighted by atomic mass is 10.2. The molecule has 0 aliphatic rings. The van der Waals surface area contributed by atoms with Gasteiger partial charge in [0.15, 0.2) is 0 Å². The summed E-state index contributed by atoms with van der Waals surface area (Å²) in [5, 5.41) is 0. The third-order valence-corrected chi connectivity index (χ3v) is 3.89. The summed E-state index contributed by atoms with van der Waals surface area (Å²) < 4.78 is 43.6. The fourth-order valence-corrected chi connectivity index (χ4v) is 3.05. The number of hydrogen-bond acceptors (Lipinski definition) is 6. The van der Waals surface area contributed by atoms with Crippen LogP contribution in [0.5, 0.6) is 0 Å². The zero-order chi connectivity index (χ0) is 11.5. The Morgan fingerprint density at radius 2 is 1.65 bits per heavy atom. The van der Waals surface area contributed by atoms with Crippen molar-refractivity contribution in [2.75, 3.05) is 0 Å². The van der Waals surface area contributed by atoms with Crippen molar-refractivity contribution in [2.24, 2.45) is 0 Å². The van der Waals surface area contributed by atoms with Gasteiger partial charge in [-0.25, -0.2) is 0 Å². The van der Waals surface area contributed by atoms with E-state index in [-0.39, 0.29) is 12.3 Å². The summed E-state index contributed by atoms with van der Waals surface area (Å²) in [7, 11) is -9.29. The Balaban J connectivity index is 0. The minimum atomic E-state index is -4.92. The SMILES string of the molecule is N.N.O=P(O)(Cc1ccccc1)OS(=O)(=O)O. The van der Waals surface area contributed by atoms with Crippen LogP contribution in [-0.4, -0.2) is 17.9 Å². The van der Waals surface area contributed by atoms with Crippen LogP contribution in [0.3, 0.4) is 0 Å². The van der Waals surface area contributed by atoms with Crippen LogP contribution in [0.15, 0.2) is 30.3 Å². The second kappa shape index (κ2) is 6.82. The Bertz CT molecular complexity index is 476. The van der Waals surface area contributed by atoms with Crippen LogP contribution in [0.25, 0.3) is 0 Å². The molecule has 0 aliphatic carbocycles. The second-order valence-corrected chi connectivity index (χ2v) is 5.83. The van der Waals surface area contributed by atoms with E-state index in [1.807, 2.05) is 0 Å². The van der Waals surface area contributed by atoms with Crippen LogP contribution in [0, 0.1) is 0 Å². The molecule has 0 radical (unpaired) electrons. The van der Waals surface area contributed by atoms with Crippen molar-refractivity contribution in [1.29, 1.82) is 0 Å². The van der Waals surface area contributed by atoms with Gasteiger partial charge < -0.3 is 17.2 Å². The summed E-state index contributed by atoms with van der Waals surface area (Å²) in [4.78, 5) is 9.10. The molecule has 1 unspecified atom stereocenters. The first-order chi connectivity index (χ1) is 6.79. The smallest absolute Gasteiger partial charge is 0.344 e. The van der Waals surface area contributed by atoms with Gasteiger partial charge in [-0.1, -0.05) is 30.3 Å². The molecule has 1 atom stereocenters. The van der Waals surface area contributed by atoms with E-state index in [1.54, 1.807) is 18.2 Å². The highest BCUT2D eigenvalue weighted by Crippen LogP contribution is 2.46. The van der Waals surface area contributed by atoms with E-state index in [0.29, 0.717) is 5.56 Å². The van der Waals surface area contributed by atoms with Gasteiger partial charge in [-0.15, -0.1) is 0 Å². The lowest BCUT2D eigenvalue weighted by Crippen LogP contribution is -2.03. The number of hydrogen-bond donors (Lipinski definition) is 4. The highest BCUT2D eigenvalue weighted by Gasteiger charge is 2.26. The average Bonchev–Trinajstić information content (AvgIpc) is 1.99. The van der Waals surface area contributed by atoms with Gasteiger partial charge in [0.25, 0.3) is 0 Å². The van der Waals surface area contributed by atoms with Crippen molar-refractivity contribution >= 4 is 18.0 Å². The monoisotopic (exact) mass is 286 g/mol. The molecule has 17 heavy (non-hydrogen) atoms. The molecule has 1 aromatic carbocycles. The van der Waals surface area contributed by atoms with Crippen LogP contribution in [0.4, 0.5) is 0 Å². The molecule has 10 heteroatoms. The number of rotatable bonds is 4. The molecule has 0 heterocycles. The van der Waals surface area contributed by atoms with Crippen LogP contribution >= 0.6 is 7.60 Å². The number of benzene rings is 1.